The molecule has 7 nitrogen and oxygen atoms in total. The zero-order valence-electron chi connectivity index (χ0n) is 15.1. The minimum Gasteiger partial charge on any atom is -0.455 e. The van der Waals surface area contributed by atoms with Crippen LogP contribution in [-0.4, -0.2) is 28.1 Å². The second-order valence-corrected chi connectivity index (χ2v) is 6.65. The zero-order chi connectivity index (χ0) is 19.3. The number of amides is 2. The molecule has 2 aromatic carbocycles. The van der Waals surface area contributed by atoms with Crippen LogP contribution in [0.5, 0.6) is 11.5 Å². The lowest BCUT2D eigenvalue weighted by molar-refractivity contribution is -0.136. The van der Waals surface area contributed by atoms with Crippen molar-refractivity contribution in [1.29, 1.82) is 0 Å². The van der Waals surface area contributed by atoms with Crippen molar-refractivity contribution in [2.45, 2.75) is 25.3 Å². The van der Waals surface area contributed by atoms with Gasteiger partial charge in [-0.05, 0) is 42.7 Å². The topological polar surface area (TPSA) is 96.1 Å². The number of carbonyl (C=O) groups is 2. The number of carbonyl (C=O) groups excluding carboxylic acids is 2. The van der Waals surface area contributed by atoms with E-state index in [1.165, 1.54) is 5.56 Å². The van der Waals surface area contributed by atoms with Crippen molar-refractivity contribution in [2.75, 3.05) is 5.32 Å². The first-order valence-corrected chi connectivity index (χ1v) is 9.14. The lowest BCUT2D eigenvalue weighted by Crippen LogP contribution is -2.44. The number of H-pyrrole nitrogens is 1. The van der Waals surface area contributed by atoms with E-state index in [-0.39, 0.29) is 6.04 Å². The fourth-order valence-corrected chi connectivity index (χ4v) is 3.24. The van der Waals surface area contributed by atoms with Crippen molar-refractivity contribution in [1.82, 2.24) is 15.5 Å². The summed E-state index contributed by atoms with van der Waals surface area (Å²) in [6.07, 6.45) is 4.05. The van der Waals surface area contributed by atoms with Crippen molar-refractivity contribution in [3.63, 3.8) is 0 Å². The number of anilines is 1. The number of aromatic amines is 1. The molecule has 3 aromatic rings. The lowest BCUT2D eigenvalue weighted by atomic mass is 9.94. The van der Waals surface area contributed by atoms with Crippen molar-refractivity contribution in [3.8, 4) is 11.5 Å². The normalized spacial score (nSPS) is 15.4. The molecule has 7 heteroatoms. The molecule has 0 spiro atoms. The predicted octanol–water partition coefficient (Wildman–Crippen LogP) is 2.81. The largest absolute Gasteiger partial charge is 0.455 e. The van der Waals surface area contributed by atoms with E-state index in [0.29, 0.717) is 23.6 Å². The Kier molecular flexibility index (Phi) is 5.05. The molecule has 1 aromatic heterocycles. The Morgan fingerprint density at radius 2 is 1.82 bits per heavy atom. The average molecular weight is 376 g/mol. The second kappa shape index (κ2) is 7.96. The molecule has 0 saturated carbocycles. The first-order chi connectivity index (χ1) is 13.7. The molecule has 0 saturated heterocycles. The molecule has 3 N–H and O–H groups in total. The van der Waals surface area contributed by atoms with Gasteiger partial charge in [-0.2, -0.15) is 5.10 Å². The molecule has 4 rings (SSSR count). The maximum Gasteiger partial charge on any atom is 0.313 e. The van der Waals surface area contributed by atoms with Gasteiger partial charge in [0.2, 0.25) is 0 Å². The molecule has 2 amide bonds. The van der Waals surface area contributed by atoms with E-state index in [0.717, 1.165) is 18.5 Å². The van der Waals surface area contributed by atoms with Crippen molar-refractivity contribution < 1.29 is 14.3 Å². The Hall–Kier alpha value is -3.61. The molecule has 0 unspecified atom stereocenters. The van der Waals surface area contributed by atoms with Gasteiger partial charge in [0.1, 0.15) is 5.75 Å². The first-order valence-electron chi connectivity index (χ1n) is 9.14. The van der Waals surface area contributed by atoms with Gasteiger partial charge in [0.25, 0.3) is 0 Å². The molecule has 0 bridgehead atoms. The molecule has 1 aliphatic rings. The summed E-state index contributed by atoms with van der Waals surface area (Å²) in [4.78, 5) is 24.7. The van der Waals surface area contributed by atoms with E-state index >= 15 is 0 Å². The number of nitrogens with one attached hydrogen (secondary N) is 3. The van der Waals surface area contributed by atoms with Crippen LogP contribution in [0.1, 0.15) is 17.7 Å². The lowest BCUT2D eigenvalue weighted by Gasteiger charge is -2.22. The number of fused-ring (bicyclic) bond motifs is 1. The van der Waals surface area contributed by atoms with Crippen LogP contribution in [-0.2, 0) is 22.4 Å². The van der Waals surface area contributed by atoms with Gasteiger partial charge in [0.05, 0.1) is 11.9 Å². The number of rotatable bonds is 4. The van der Waals surface area contributed by atoms with Crippen LogP contribution in [0, 0.1) is 0 Å². The smallest absolute Gasteiger partial charge is 0.313 e. The molecular weight excluding hydrogens is 356 g/mol. The van der Waals surface area contributed by atoms with Crippen LogP contribution < -0.4 is 15.4 Å². The minimum absolute atomic E-state index is 0.0954. The number of hydrogen-bond acceptors (Lipinski definition) is 4. The third-order valence-electron chi connectivity index (χ3n) is 4.67. The van der Waals surface area contributed by atoms with Crippen LogP contribution in [0.3, 0.4) is 0 Å². The van der Waals surface area contributed by atoms with Gasteiger partial charge in [0, 0.05) is 18.2 Å². The highest BCUT2D eigenvalue weighted by atomic mass is 16.5. The van der Waals surface area contributed by atoms with Crippen LogP contribution in [0.4, 0.5) is 5.69 Å². The summed E-state index contributed by atoms with van der Waals surface area (Å²) in [6, 6.07) is 16.2. The van der Waals surface area contributed by atoms with Gasteiger partial charge in [-0.1, -0.05) is 30.3 Å². The number of hydrogen-bond donors (Lipinski definition) is 3. The van der Waals surface area contributed by atoms with E-state index in [9.17, 15) is 9.59 Å². The maximum atomic E-state index is 12.4. The van der Waals surface area contributed by atoms with Crippen LogP contribution in [0.2, 0.25) is 0 Å². The van der Waals surface area contributed by atoms with Gasteiger partial charge in [-0.15, -0.1) is 0 Å². The highest BCUT2D eigenvalue weighted by Gasteiger charge is 2.24. The van der Waals surface area contributed by atoms with Crippen LogP contribution in [0.15, 0.2) is 60.8 Å². The summed E-state index contributed by atoms with van der Waals surface area (Å²) in [5, 5.41) is 12.4. The third kappa shape index (κ3) is 4.03. The summed E-state index contributed by atoms with van der Waals surface area (Å²) in [5.41, 5.74) is 2.62. The van der Waals surface area contributed by atoms with E-state index in [1.54, 1.807) is 24.3 Å². The Morgan fingerprint density at radius 3 is 2.68 bits per heavy atom. The first kappa shape index (κ1) is 17.8. The SMILES string of the molecule is O=C(Nc1ccccc1Oc1ccccc1)C(=O)N[C@@H]1CCc2cn[nH]c2C1. The molecule has 1 aliphatic carbocycles. The molecule has 0 radical (unpaired) electrons. The second-order valence-electron chi connectivity index (χ2n) is 6.65. The number of benzene rings is 2. The molecule has 142 valence electrons. The third-order valence-corrected chi connectivity index (χ3v) is 4.67. The van der Waals surface area contributed by atoms with Crippen LogP contribution >= 0.6 is 0 Å². The van der Waals surface area contributed by atoms with Gasteiger partial charge in [0.15, 0.2) is 5.75 Å². The predicted molar refractivity (Wildman–Crippen MR) is 104 cm³/mol. The van der Waals surface area contributed by atoms with Crippen molar-refractivity contribution in [3.05, 3.63) is 72.1 Å². The van der Waals surface area contributed by atoms with E-state index in [4.69, 9.17) is 4.74 Å². The Balaban J connectivity index is 1.39. The molecule has 28 heavy (non-hydrogen) atoms. The van der Waals surface area contributed by atoms with E-state index in [1.807, 2.05) is 36.5 Å². The monoisotopic (exact) mass is 376 g/mol. The van der Waals surface area contributed by atoms with Crippen molar-refractivity contribution in [2.24, 2.45) is 0 Å². The van der Waals surface area contributed by atoms with E-state index < -0.39 is 11.8 Å². The summed E-state index contributed by atoms with van der Waals surface area (Å²) >= 11 is 0. The van der Waals surface area contributed by atoms with Gasteiger partial charge >= 0.3 is 11.8 Å². The molecule has 0 aliphatic heterocycles. The number of aryl methyl sites for hydroxylation is 1. The Morgan fingerprint density at radius 1 is 1.04 bits per heavy atom. The van der Waals surface area contributed by atoms with Gasteiger partial charge in [-0.3, -0.25) is 14.7 Å². The number of nitrogens with zero attached hydrogens (tertiary/aromatic N) is 1. The molecular formula is C21H20N4O3. The fraction of sp³-hybridized carbons (Fsp3) is 0.190. The minimum atomic E-state index is -0.723. The maximum absolute atomic E-state index is 12.4. The average Bonchev–Trinajstić information content (AvgIpc) is 3.18. The number of aromatic nitrogens is 2. The molecule has 1 heterocycles. The fourth-order valence-electron chi connectivity index (χ4n) is 3.24. The quantitative estimate of drug-likeness (QED) is 0.610. The van der Waals surface area contributed by atoms with Crippen LogP contribution in [0.25, 0.3) is 0 Å². The number of para-hydroxylation sites is 3. The number of ether oxygens (including phenoxy) is 1. The Bertz CT molecular complexity index is 984. The summed E-state index contributed by atoms with van der Waals surface area (Å²) in [6.45, 7) is 0. The van der Waals surface area contributed by atoms with Gasteiger partial charge in [-0.25, -0.2) is 0 Å². The van der Waals surface area contributed by atoms with Gasteiger partial charge < -0.3 is 15.4 Å². The summed E-state index contributed by atoms with van der Waals surface area (Å²) in [7, 11) is 0. The molecule has 0 fully saturated rings. The summed E-state index contributed by atoms with van der Waals surface area (Å²) in [5.74, 6) is -0.275. The summed E-state index contributed by atoms with van der Waals surface area (Å²) < 4.78 is 5.81. The Labute approximate surface area is 162 Å². The molecule has 1 atom stereocenters. The zero-order valence-corrected chi connectivity index (χ0v) is 15.1. The highest BCUT2D eigenvalue weighted by molar-refractivity contribution is 6.39. The standard InChI is InChI=1S/C21H20N4O3/c26-20(23-15-11-10-14-13-22-25-18(14)12-15)21(27)24-17-8-4-5-9-19(17)28-16-6-2-1-3-7-16/h1-9,13,15H,10-12H2,(H,22,25)(H,23,26)(H,24,27)/t15-/m1/s1. The van der Waals surface area contributed by atoms with E-state index in [2.05, 4.69) is 20.8 Å². The van der Waals surface area contributed by atoms with Crippen molar-refractivity contribution >= 4 is 17.5 Å². The highest BCUT2D eigenvalue weighted by Crippen LogP contribution is 2.29.